The molecule has 17 heavy (non-hydrogen) atoms. The van der Waals surface area contributed by atoms with Gasteiger partial charge < -0.3 is 4.84 Å². The standard InChI is InChI=1S/C12H9ClFNOS/c13-12-6-5-11(17-12)8-16-15-7-9-1-3-10(14)4-2-9/h1-7H,8H2/b15-7+. The van der Waals surface area contributed by atoms with E-state index in [0.717, 1.165) is 14.8 Å². The molecule has 0 aliphatic carbocycles. The number of nitrogens with zero attached hydrogens (tertiary/aromatic N) is 1. The minimum atomic E-state index is -0.267. The molecule has 88 valence electrons. The molecule has 0 radical (unpaired) electrons. The first-order chi connectivity index (χ1) is 8.24. The van der Waals surface area contributed by atoms with Crippen molar-refractivity contribution in [3.63, 3.8) is 0 Å². The van der Waals surface area contributed by atoms with E-state index in [1.807, 2.05) is 12.1 Å². The molecule has 0 saturated heterocycles. The zero-order valence-electron chi connectivity index (χ0n) is 8.77. The van der Waals surface area contributed by atoms with Crippen molar-refractivity contribution in [2.45, 2.75) is 6.61 Å². The van der Waals surface area contributed by atoms with Gasteiger partial charge in [0.05, 0.1) is 10.6 Å². The lowest BCUT2D eigenvalue weighted by Gasteiger charge is -1.95. The summed E-state index contributed by atoms with van der Waals surface area (Å²) in [7, 11) is 0. The van der Waals surface area contributed by atoms with E-state index in [-0.39, 0.29) is 5.82 Å². The lowest BCUT2D eigenvalue weighted by Crippen LogP contribution is -1.85. The van der Waals surface area contributed by atoms with Crippen molar-refractivity contribution in [3.05, 3.63) is 57.0 Å². The van der Waals surface area contributed by atoms with Gasteiger partial charge in [0.15, 0.2) is 6.61 Å². The number of hydrogen-bond donors (Lipinski definition) is 0. The number of rotatable bonds is 4. The van der Waals surface area contributed by atoms with Crippen LogP contribution in [0.3, 0.4) is 0 Å². The van der Waals surface area contributed by atoms with Crippen molar-refractivity contribution >= 4 is 29.2 Å². The summed E-state index contributed by atoms with van der Waals surface area (Å²) < 4.78 is 13.3. The van der Waals surface area contributed by atoms with Crippen molar-refractivity contribution < 1.29 is 9.23 Å². The zero-order valence-corrected chi connectivity index (χ0v) is 10.3. The van der Waals surface area contributed by atoms with Gasteiger partial charge in [-0.15, -0.1) is 11.3 Å². The maximum atomic E-state index is 12.6. The third-order valence-corrected chi connectivity index (χ3v) is 3.19. The number of thiophene rings is 1. The van der Waals surface area contributed by atoms with Gasteiger partial charge in [-0.25, -0.2) is 4.39 Å². The van der Waals surface area contributed by atoms with Gasteiger partial charge in [0.2, 0.25) is 0 Å². The molecular weight excluding hydrogens is 261 g/mol. The Balaban J connectivity index is 1.84. The second-order valence-corrected chi connectivity index (χ2v) is 5.06. The third-order valence-electron chi connectivity index (χ3n) is 1.98. The molecule has 0 spiro atoms. The summed E-state index contributed by atoms with van der Waals surface area (Å²) in [5, 5.41) is 3.79. The summed E-state index contributed by atoms with van der Waals surface area (Å²) in [6.07, 6.45) is 1.54. The molecule has 2 aromatic rings. The van der Waals surface area contributed by atoms with E-state index in [1.165, 1.54) is 29.7 Å². The fourth-order valence-corrected chi connectivity index (χ4v) is 2.17. The molecule has 0 amide bonds. The minimum Gasteiger partial charge on any atom is -0.390 e. The molecule has 0 atom stereocenters. The van der Waals surface area contributed by atoms with Crippen molar-refractivity contribution in [1.29, 1.82) is 0 Å². The molecule has 0 unspecified atom stereocenters. The molecule has 2 nitrogen and oxygen atoms in total. The molecular formula is C12H9ClFNOS. The molecule has 0 fully saturated rings. The van der Waals surface area contributed by atoms with Gasteiger partial charge in [-0.2, -0.15) is 0 Å². The minimum absolute atomic E-state index is 0.267. The Morgan fingerprint density at radius 3 is 2.65 bits per heavy atom. The van der Waals surface area contributed by atoms with Crippen LogP contribution in [0.4, 0.5) is 4.39 Å². The molecule has 0 bridgehead atoms. The van der Waals surface area contributed by atoms with Gasteiger partial charge in [-0.05, 0) is 29.8 Å². The second kappa shape index (κ2) is 5.80. The van der Waals surface area contributed by atoms with Crippen LogP contribution in [0.15, 0.2) is 41.6 Å². The molecule has 1 aromatic heterocycles. The van der Waals surface area contributed by atoms with Crippen LogP contribution in [-0.4, -0.2) is 6.21 Å². The first kappa shape index (κ1) is 12.1. The fraction of sp³-hybridized carbons (Fsp3) is 0.0833. The molecule has 0 aliphatic rings. The van der Waals surface area contributed by atoms with Crippen LogP contribution in [0, 0.1) is 5.82 Å². The van der Waals surface area contributed by atoms with Gasteiger partial charge in [-0.3, -0.25) is 0 Å². The average Bonchev–Trinajstić information content (AvgIpc) is 2.73. The molecule has 0 aliphatic heterocycles. The summed E-state index contributed by atoms with van der Waals surface area (Å²) in [6.45, 7) is 0.384. The van der Waals surface area contributed by atoms with Gasteiger partial charge >= 0.3 is 0 Å². The highest BCUT2D eigenvalue weighted by Gasteiger charge is 1.97. The van der Waals surface area contributed by atoms with Gasteiger partial charge in [0.1, 0.15) is 5.82 Å². The SMILES string of the molecule is Fc1ccc(/C=N/OCc2ccc(Cl)s2)cc1. The monoisotopic (exact) mass is 269 g/mol. The van der Waals surface area contributed by atoms with E-state index >= 15 is 0 Å². The van der Waals surface area contributed by atoms with Crippen molar-refractivity contribution in [1.82, 2.24) is 0 Å². The lowest BCUT2D eigenvalue weighted by atomic mass is 10.2. The van der Waals surface area contributed by atoms with Crippen LogP contribution in [0.1, 0.15) is 10.4 Å². The Hall–Kier alpha value is -1.39. The lowest BCUT2D eigenvalue weighted by molar-refractivity contribution is 0.134. The van der Waals surface area contributed by atoms with E-state index in [0.29, 0.717) is 6.61 Å². The van der Waals surface area contributed by atoms with Gasteiger partial charge in [0, 0.05) is 4.88 Å². The normalized spacial score (nSPS) is 10.9. The third kappa shape index (κ3) is 3.84. The predicted octanol–water partition coefficient (Wildman–Crippen LogP) is 4.09. The van der Waals surface area contributed by atoms with E-state index in [2.05, 4.69) is 5.16 Å². The Bertz CT molecular complexity index is 509. The Morgan fingerprint density at radius 1 is 1.24 bits per heavy atom. The first-order valence-electron chi connectivity index (χ1n) is 4.89. The quantitative estimate of drug-likeness (QED) is 0.605. The molecule has 0 saturated carbocycles. The fourth-order valence-electron chi connectivity index (χ4n) is 1.18. The predicted molar refractivity (Wildman–Crippen MR) is 68.1 cm³/mol. The number of hydrogen-bond acceptors (Lipinski definition) is 3. The van der Waals surface area contributed by atoms with E-state index in [9.17, 15) is 4.39 Å². The Labute approximate surface area is 107 Å². The highest BCUT2D eigenvalue weighted by atomic mass is 35.5. The maximum absolute atomic E-state index is 12.6. The van der Waals surface area contributed by atoms with E-state index in [4.69, 9.17) is 16.4 Å². The molecule has 5 heteroatoms. The van der Waals surface area contributed by atoms with Crippen molar-refractivity contribution in [3.8, 4) is 0 Å². The largest absolute Gasteiger partial charge is 0.390 e. The summed E-state index contributed by atoms with van der Waals surface area (Å²) in [5.74, 6) is -0.267. The summed E-state index contributed by atoms with van der Waals surface area (Å²) >= 11 is 7.23. The van der Waals surface area contributed by atoms with Crippen LogP contribution in [0.25, 0.3) is 0 Å². The van der Waals surface area contributed by atoms with E-state index in [1.54, 1.807) is 12.1 Å². The Kier molecular flexibility index (Phi) is 4.12. The van der Waals surface area contributed by atoms with Crippen LogP contribution >= 0.6 is 22.9 Å². The smallest absolute Gasteiger partial charge is 0.151 e. The maximum Gasteiger partial charge on any atom is 0.151 e. The summed E-state index contributed by atoms with van der Waals surface area (Å²) in [6, 6.07) is 9.71. The number of halogens is 2. The van der Waals surface area contributed by atoms with Crippen molar-refractivity contribution in [2.24, 2.45) is 5.16 Å². The first-order valence-corrected chi connectivity index (χ1v) is 6.08. The van der Waals surface area contributed by atoms with Crippen LogP contribution in [-0.2, 0) is 11.4 Å². The highest BCUT2D eigenvalue weighted by molar-refractivity contribution is 7.16. The second-order valence-electron chi connectivity index (χ2n) is 3.27. The highest BCUT2D eigenvalue weighted by Crippen LogP contribution is 2.21. The Morgan fingerprint density at radius 2 is 2.00 bits per heavy atom. The van der Waals surface area contributed by atoms with Gasteiger partial charge in [-0.1, -0.05) is 28.9 Å². The molecule has 0 N–H and O–H groups in total. The number of benzene rings is 1. The molecule has 1 heterocycles. The van der Waals surface area contributed by atoms with E-state index < -0.39 is 0 Å². The van der Waals surface area contributed by atoms with Gasteiger partial charge in [0.25, 0.3) is 0 Å². The van der Waals surface area contributed by atoms with Crippen LogP contribution < -0.4 is 0 Å². The van der Waals surface area contributed by atoms with Crippen LogP contribution in [0.5, 0.6) is 0 Å². The number of oxime groups is 1. The topological polar surface area (TPSA) is 21.6 Å². The average molecular weight is 270 g/mol. The molecule has 2 rings (SSSR count). The van der Waals surface area contributed by atoms with Crippen LogP contribution in [0.2, 0.25) is 4.34 Å². The molecule has 1 aromatic carbocycles. The van der Waals surface area contributed by atoms with Crippen molar-refractivity contribution in [2.75, 3.05) is 0 Å². The zero-order chi connectivity index (χ0) is 12.1. The summed E-state index contributed by atoms with van der Waals surface area (Å²) in [4.78, 5) is 6.10. The summed E-state index contributed by atoms with van der Waals surface area (Å²) in [5.41, 5.74) is 0.788.